The Kier molecular flexibility index (Phi) is 6.43. The van der Waals surface area contributed by atoms with Crippen molar-refractivity contribution in [3.05, 3.63) is 11.9 Å². The molecular weight excluding hydrogens is 226 g/mol. The minimum atomic E-state index is 0.624. The van der Waals surface area contributed by atoms with Gasteiger partial charge in [0, 0.05) is 32.7 Å². The van der Waals surface area contributed by atoms with Gasteiger partial charge in [-0.25, -0.2) is 9.97 Å². The van der Waals surface area contributed by atoms with Gasteiger partial charge in [0.1, 0.15) is 17.5 Å². The van der Waals surface area contributed by atoms with Crippen LogP contribution in [0.2, 0.25) is 0 Å². The molecule has 1 aromatic heterocycles. The molecule has 102 valence electrons. The molecule has 0 aromatic carbocycles. The molecule has 1 aromatic rings. The van der Waals surface area contributed by atoms with Gasteiger partial charge in [0.15, 0.2) is 0 Å². The second-order valence-corrected chi connectivity index (χ2v) is 4.50. The second kappa shape index (κ2) is 7.87. The Hall–Kier alpha value is -1.36. The highest BCUT2D eigenvalue weighted by Crippen LogP contribution is 2.14. The van der Waals surface area contributed by atoms with Crippen molar-refractivity contribution in [1.29, 1.82) is 0 Å². The van der Waals surface area contributed by atoms with E-state index in [4.69, 9.17) is 5.73 Å². The van der Waals surface area contributed by atoms with E-state index >= 15 is 0 Å². The maximum Gasteiger partial charge on any atom is 0.134 e. The molecule has 1 rings (SSSR count). The SMILES string of the molecule is CCCCCNc1cc(N(C)CCN)nc(C)n1. The minimum Gasteiger partial charge on any atom is -0.370 e. The first-order chi connectivity index (χ1) is 8.67. The van der Waals surface area contributed by atoms with Crippen molar-refractivity contribution in [2.75, 3.05) is 36.9 Å². The molecule has 0 atom stereocenters. The first-order valence-electron chi connectivity index (χ1n) is 6.68. The van der Waals surface area contributed by atoms with Gasteiger partial charge in [-0.05, 0) is 13.3 Å². The average molecular weight is 251 g/mol. The maximum absolute atomic E-state index is 5.56. The molecule has 0 spiro atoms. The molecule has 0 unspecified atom stereocenters. The number of rotatable bonds is 8. The van der Waals surface area contributed by atoms with E-state index < -0.39 is 0 Å². The number of aromatic nitrogens is 2. The standard InChI is InChI=1S/C13H25N5/c1-4-5-6-8-15-12-10-13(17-11(2)16-12)18(3)9-7-14/h10H,4-9,14H2,1-3H3,(H,15,16,17). The van der Waals surface area contributed by atoms with Gasteiger partial charge in [0.25, 0.3) is 0 Å². The highest BCUT2D eigenvalue weighted by Gasteiger charge is 2.05. The normalized spacial score (nSPS) is 10.4. The van der Waals surface area contributed by atoms with E-state index in [9.17, 15) is 0 Å². The Bertz CT molecular complexity index is 353. The molecule has 0 amide bonds. The summed E-state index contributed by atoms with van der Waals surface area (Å²) in [6.07, 6.45) is 3.65. The number of anilines is 2. The topological polar surface area (TPSA) is 67.1 Å². The summed E-state index contributed by atoms with van der Waals surface area (Å²) in [6.45, 7) is 6.50. The lowest BCUT2D eigenvalue weighted by molar-refractivity contribution is 0.741. The number of nitrogens with two attached hydrogens (primary N) is 1. The number of nitrogens with zero attached hydrogens (tertiary/aromatic N) is 3. The van der Waals surface area contributed by atoms with Crippen LogP contribution in [-0.2, 0) is 0 Å². The summed E-state index contributed by atoms with van der Waals surface area (Å²) in [5, 5.41) is 3.35. The summed E-state index contributed by atoms with van der Waals surface area (Å²) in [4.78, 5) is 10.9. The quantitative estimate of drug-likeness (QED) is 0.689. The molecule has 18 heavy (non-hydrogen) atoms. The van der Waals surface area contributed by atoms with Gasteiger partial charge in [-0.2, -0.15) is 0 Å². The molecule has 0 aliphatic rings. The molecule has 0 saturated heterocycles. The molecule has 1 heterocycles. The van der Waals surface area contributed by atoms with Crippen LogP contribution in [0.25, 0.3) is 0 Å². The van der Waals surface area contributed by atoms with Crippen LogP contribution in [0.15, 0.2) is 6.07 Å². The fraction of sp³-hybridized carbons (Fsp3) is 0.692. The van der Waals surface area contributed by atoms with Crippen LogP contribution in [0, 0.1) is 6.92 Å². The maximum atomic E-state index is 5.56. The lowest BCUT2D eigenvalue weighted by Gasteiger charge is -2.18. The first-order valence-corrected chi connectivity index (χ1v) is 6.68. The van der Waals surface area contributed by atoms with Crippen molar-refractivity contribution in [3.8, 4) is 0 Å². The molecule has 3 N–H and O–H groups in total. The van der Waals surface area contributed by atoms with Crippen molar-refractivity contribution < 1.29 is 0 Å². The van der Waals surface area contributed by atoms with Crippen molar-refractivity contribution in [2.24, 2.45) is 5.73 Å². The minimum absolute atomic E-state index is 0.624. The molecule has 0 saturated carbocycles. The van der Waals surface area contributed by atoms with Crippen molar-refractivity contribution in [3.63, 3.8) is 0 Å². The molecule has 0 aliphatic carbocycles. The van der Waals surface area contributed by atoms with Crippen LogP contribution in [0.1, 0.15) is 32.0 Å². The van der Waals surface area contributed by atoms with E-state index in [-0.39, 0.29) is 0 Å². The van der Waals surface area contributed by atoms with Gasteiger partial charge in [-0.15, -0.1) is 0 Å². The lowest BCUT2D eigenvalue weighted by Crippen LogP contribution is -2.26. The summed E-state index contributed by atoms with van der Waals surface area (Å²) in [5.41, 5.74) is 5.56. The van der Waals surface area contributed by atoms with E-state index in [1.807, 2.05) is 24.9 Å². The van der Waals surface area contributed by atoms with E-state index in [1.54, 1.807) is 0 Å². The Balaban J connectivity index is 2.62. The third-order valence-electron chi connectivity index (χ3n) is 2.77. The number of hydrogen-bond acceptors (Lipinski definition) is 5. The highest BCUT2D eigenvalue weighted by atomic mass is 15.2. The van der Waals surface area contributed by atoms with E-state index in [0.29, 0.717) is 6.54 Å². The zero-order valence-corrected chi connectivity index (χ0v) is 11.7. The summed E-state index contributed by atoms with van der Waals surface area (Å²) in [5.74, 6) is 2.61. The Morgan fingerprint density at radius 2 is 2.11 bits per heavy atom. The van der Waals surface area contributed by atoms with E-state index in [1.165, 1.54) is 19.3 Å². The monoisotopic (exact) mass is 251 g/mol. The van der Waals surface area contributed by atoms with Gasteiger partial charge >= 0.3 is 0 Å². The second-order valence-electron chi connectivity index (χ2n) is 4.50. The Labute approximate surface area is 110 Å². The molecular formula is C13H25N5. The number of likely N-dealkylation sites (N-methyl/N-ethyl adjacent to an activating group) is 1. The Morgan fingerprint density at radius 1 is 1.33 bits per heavy atom. The van der Waals surface area contributed by atoms with Crippen LogP contribution in [-0.4, -0.2) is 36.6 Å². The summed E-state index contributed by atoms with van der Waals surface area (Å²) in [6, 6.07) is 1.98. The number of hydrogen-bond donors (Lipinski definition) is 2. The van der Waals surface area contributed by atoms with Crippen LogP contribution in [0.4, 0.5) is 11.6 Å². The molecule has 5 nitrogen and oxygen atoms in total. The van der Waals surface area contributed by atoms with Gasteiger partial charge in [-0.1, -0.05) is 19.8 Å². The predicted molar refractivity (Wildman–Crippen MR) is 77.1 cm³/mol. The molecule has 0 radical (unpaired) electrons. The largest absolute Gasteiger partial charge is 0.370 e. The molecule has 0 aliphatic heterocycles. The fourth-order valence-electron chi connectivity index (χ4n) is 1.74. The average Bonchev–Trinajstić information content (AvgIpc) is 2.34. The lowest BCUT2D eigenvalue weighted by atomic mass is 10.2. The molecule has 0 bridgehead atoms. The third-order valence-corrected chi connectivity index (χ3v) is 2.77. The van der Waals surface area contributed by atoms with Crippen LogP contribution >= 0.6 is 0 Å². The smallest absolute Gasteiger partial charge is 0.134 e. The number of aryl methyl sites for hydroxylation is 1. The summed E-state index contributed by atoms with van der Waals surface area (Å²) < 4.78 is 0. The van der Waals surface area contributed by atoms with Gasteiger partial charge in [0.2, 0.25) is 0 Å². The van der Waals surface area contributed by atoms with E-state index in [0.717, 1.165) is 30.5 Å². The van der Waals surface area contributed by atoms with Crippen LogP contribution < -0.4 is 16.0 Å². The zero-order chi connectivity index (χ0) is 13.4. The van der Waals surface area contributed by atoms with Gasteiger partial charge < -0.3 is 16.0 Å². The number of nitrogens with one attached hydrogen (secondary N) is 1. The zero-order valence-electron chi connectivity index (χ0n) is 11.7. The van der Waals surface area contributed by atoms with Crippen molar-refractivity contribution >= 4 is 11.6 Å². The van der Waals surface area contributed by atoms with Crippen LogP contribution in [0.5, 0.6) is 0 Å². The summed E-state index contributed by atoms with van der Waals surface area (Å²) >= 11 is 0. The van der Waals surface area contributed by atoms with Crippen LogP contribution in [0.3, 0.4) is 0 Å². The molecule has 5 heteroatoms. The fourth-order valence-corrected chi connectivity index (χ4v) is 1.74. The number of unbranched alkanes of at least 4 members (excludes halogenated alkanes) is 2. The van der Waals surface area contributed by atoms with Crippen molar-refractivity contribution in [1.82, 2.24) is 9.97 Å². The predicted octanol–water partition coefficient (Wildman–Crippen LogP) is 1.78. The molecule has 0 fully saturated rings. The van der Waals surface area contributed by atoms with E-state index in [2.05, 4.69) is 22.2 Å². The Morgan fingerprint density at radius 3 is 2.78 bits per heavy atom. The third kappa shape index (κ3) is 4.87. The van der Waals surface area contributed by atoms with Crippen molar-refractivity contribution in [2.45, 2.75) is 33.1 Å². The summed E-state index contributed by atoms with van der Waals surface area (Å²) in [7, 11) is 2.00. The highest BCUT2D eigenvalue weighted by molar-refractivity contribution is 5.48. The van der Waals surface area contributed by atoms with Gasteiger partial charge in [0.05, 0.1) is 0 Å². The first kappa shape index (κ1) is 14.7. The van der Waals surface area contributed by atoms with Gasteiger partial charge in [-0.3, -0.25) is 0 Å².